The summed E-state index contributed by atoms with van der Waals surface area (Å²) in [4.78, 5) is 17.1. The highest BCUT2D eigenvalue weighted by Gasteiger charge is 2.29. The second-order valence-electron chi connectivity index (χ2n) is 5.61. The van der Waals surface area contributed by atoms with E-state index in [1.165, 1.54) is 11.3 Å². The summed E-state index contributed by atoms with van der Waals surface area (Å²) in [5.74, 6) is 0.662. The van der Waals surface area contributed by atoms with Crippen molar-refractivity contribution in [1.82, 2.24) is 4.90 Å². The summed E-state index contributed by atoms with van der Waals surface area (Å²) in [6.45, 7) is 6.84. The summed E-state index contributed by atoms with van der Waals surface area (Å²) in [5, 5.41) is 1.00. The van der Waals surface area contributed by atoms with Crippen LogP contribution in [0.25, 0.3) is 0 Å². The molecule has 1 aromatic rings. The van der Waals surface area contributed by atoms with Gasteiger partial charge in [-0.25, -0.2) is 0 Å². The molecule has 2 rings (SSSR count). The molecule has 1 aromatic heterocycles. The van der Waals surface area contributed by atoms with Crippen LogP contribution in [0.1, 0.15) is 36.4 Å². The zero-order chi connectivity index (χ0) is 15.6. The second kappa shape index (κ2) is 6.66. The molecule has 0 aromatic carbocycles. The molecule has 0 spiro atoms. The van der Waals surface area contributed by atoms with E-state index in [0.717, 1.165) is 37.5 Å². The van der Waals surface area contributed by atoms with Crippen molar-refractivity contribution in [2.75, 3.05) is 44.4 Å². The molecule has 0 radical (unpaired) electrons. The van der Waals surface area contributed by atoms with E-state index < -0.39 is 0 Å². The van der Waals surface area contributed by atoms with Crippen LogP contribution in [-0.2, 0) is 0 Å². The third kappa shape index (κ3) is 3.16. The topological polar surface area (TPSA) is 58.8 Å². The van der Waals surface area contributed by atoms with Gasteiger partial charge in [0.2, 0.25) is 0 Å². The fraction of sp³-hybridized carbons (Fsp3) is 0.667. The average molecular weight is 311 g/mol. The van der Waals surface area contributed by atoms with Gasteiger partial charge in [-0.15, -0.1) is 11.3 Å². The van der Waals surface area contributed by atoms with Crippen molar-refractivity contribution >= 4 is 27.8 Å². The summed E-state index contributed by atoms with van der Waals surface area (Å²) >= 11 is 1.46. The van der Waals surface area contributed by atoms with Gasteiger partial charge in [0.05, 0.1) is 17.7 Å². The number of thiophene rings is 1. The quantitative estimate of drug-likeness (QED) is 0.866. The number of methoxy groups -OCH3 is 1. The Hall–Kier alpha value is -1.27. The number of likely N-dealkylation sites (N-methyl/N-ethyl adjacent to an activating group) is 1. The minimum Gasteiger partial charge on any atom is -0.492 e. The van der Waals surface area contributed by atoms with Crippen molar-refractivity contribution < 1.29 is 9.53 Å². The fourth-order valence-corrected chi connectivity index (χ4v) is 4.11. The number of ketones is 1. The lowest BCUT2D eigenvalue weighted by Gasteiger charge is -2.31. The first kappa shape index (κ1) is 16.1. The van der Waals surface area contributed by atoms with Crippen molar-refractivity contribution in [1.29, 1.82) is 0 Å². The Balaban J connectivity index is 2.43. The maximum atomic E-state index is 11.7. The van der Waals surface area contributed by atoms with E-state index in [0.29, 0.717) is 22.4 Å². The molecule has 118 valence electrons. The van der Waals surface area contributed by atoms with Crippen LogP contribution in [0.15, 0.2) is 0 Å². The lowest BCUT2D eigenvalue weighted by atomic mass is 10.2. The molecule has 0 saturated carbocycles. The smallest absolute Gasteiger partial charge is 0.177 e. The Labute approximate surface area is 130 Å². The van der Waals surface area contributed by atoms with Crippen LogP contribution in [0, 0.1) is 0 Å². The van der Waals surface area contributed by atoms with Gasteiger partial charge in [0.1, 0.15) is 5.00 Å². The molecular weight excluding hydrogens is 286 g/mol. The number of nitrogens with two attached hydrogens (primary N) is 1. The van der Waals surface area contributed by atoms with E-state index in [1.54, 1.807) is 14.0 Å². The fourth-order valence-electron chi connectivity index (χ4n) is 2.92. The first-order valence-corrected chi connectivity index (χ1v) is 8.23. The Morgan fingerprint density at radius 1 is 1.48 bits per heavy atom. The molecule has 0 bridgehead atoms. The molecule has 2 N–H and O–H groups in total. The number of anilines is 2. The Morgan fingerprint density at radius 2 is 2.19 bits per heavy atom. The van der Waals surface area contributed by atoms with Gasteiger partial charge < -0.3 is 20.3 Å². The van der Waals surface area contributed by atoms with Crippen LogP contribution < -0.4 is 15.4 Å². The van der Waals surface area contributed by atoms with Crippen LogP contribution in [0.3, 0.4) is 0 Å². The van der Waals surface area contributed by atoms with Crippen molar-refractivity contribution in [3.8, 4) is 5.75 Å². The molecule has 21 heavy (non-hydrogen) atoms. The van der Waals surface area contributed by atoms with Crippen molar-refractivity contribution in [2.24, 2.45) is 0 Å². The van der Waals surface area contributed by atoms with Gasteiger partial charge in [-0.3, -0.25) is 4.79 Å². The highest BCUT2D eigenvalue weighted by atomic mass is 32.1. The number of Topliss-reactive ketones (excluding diaryl/α,β-unsaturated/α-hetero) is 1. The molecule has 1 aliphatic heterocycles. The van der Waals surface area contributed by atoms with Gasteiger partial charge in [-0.1, -0.05) is 6.92 Å². The van der Waals surface area contributed by atoms with Crippen LogP contribution in [0.2, 0.25) is 0 Å². The summed E-state index contributed by atoms with van der Waals surface area (Å²) in [5.41, 5.74) is 6.59. The molecule has 1 atom stereocenters. The maximum Gasteiger partial charge on any atom is 0.177 e. The second-order valence-corrected chi connectivity index (χ2v) is 6.61. The number of nitrogens with zero attached hydrogens (tertiary/aromatic N) is 2. The first-order chi connectivity index (χ1) is 9.99. The molecule has 5 nitrogen and oxygen atoms in total. The largest absolute Gasteiger partial charge is 0.492 e. The van der Waals surface area contributed by atoms with Gasteiger partial charge in [-0.05, 0) is 26.4 Å². The third-order valence-electron chi connectivity index (χ3n) is 4.04. The molecule has 2 heterocycles. The molecule has 1 fully saturated rings. The maximum absolute atomic E-state index is 11.7. The Kier molecular flexibility index (Phi) is 5.11. The zero-order valence-electron chi connectivity index (χ0n) is 13.3. The average Bonchev–Trinajstić information content (AvgIpc) is 2.65. The van der Waals surface area contributed by atoms with E-state index >= 15 is 0 Å². The van der Waals surface area contributed by atoms with Crippen LogP contribution in [0.4, 0.5) is 10.7 Å². The lowest BCUT2D eigenvalue weighted by Crippen LogP contribution is -2.39. The Bertz CT molecular complexity index is 515. The Morgan fingerprint density at radius 3 is 2.76 bits per heavy atom. The number of hydrogen-bond donors (Lipinski definition) is 1. The van der Waals surface area contributed by atoms with Crippen molar-refractivity contribution in [3.63, 3.8) is 0 Å². The van der Waals surface area contributed by atoms with Gasteiger partial charge in [0.25, 0.3) is 0 Å². The monoisotopic (exact) mass is 311 g/mol. The van der Waals surface area contributed by atoms with E-state index in [-0.39, 0.29) is 5.78 Å². The highest BCUT2D eigenvalue weighted by molar-refractivity contribution is 7.19. The van der Waals surface area contributed by atoms with Crippen LogP contribution >= 0.6 is 11.3 Å². The minimum atomic E-state index is 0.00189. The van der Waals surface area contributed by atoms with Gasteiger partial charge in [0.15, 0.2) is 11.5 Å². The highest BCUT2D eigenvalue weighted by Crippen LogP contribution is 2.46. The molecule has 0 aliphatic carbocycles. The predicted octanol–water partition coefficient (Wildman–Crippen LogP) is 2.46. The minimum absolute atomic E-state index is 0.00189. The molecule has 1 aliphatic rings. The number of nitrogen functional groups attached to an aromatic ring is 1. The standard InChI is InChI=1S/C15H25N3O2S/c1-5-11-9-17(3)7-6-8-18(11)15-13(20-4)12(16)14(21-15)10(2)19/h11H,5-9,16H2,1-4H3. The molecule has 0 amide bonds. The number of carbonyl (C=O) groups is 1. The number of carbonyl (C=O) groups excluding carboxylic acids is 1. The van der Waals surface area contributed by atoms with Gasteiger partial charge in [0, 0.05) is 26.1 Å². The number of ether oxygens (including phenoxy) is 1. The summed E-state index contributed by atoms with van der Waals surface area (Å²) in [6, 6.07) is 0.421. The van der Waals surface area contributed by atoms with E-state index in [1.807, 2.05) is 0 Å². The van der Waals surface area contributed by atoms with Gasteiger partial charge in [-0.2, -0.15) is 0 Å². The summed E-state index contributed by atoms with van der Waals surface area (Å²) in [7, 11) is 3.78. The molecule has 1 unspecified atom stereocenters. The molecular formula is C15H25N3O2S. The summed E-state index contributed by atoms with van der Waals surface area (Å²) < 4.78 is 5.50. The van der Waals surface area contributed by atoms with Crippen molar-refractivity contribution in [3.05, 3.63) is 4.88 Å². The van der Waals surface area contributed by atoms with Crippen LogP contribution in [-0.4, -0.2) is 50.5 Å². The van der Waals surface area contributed by atoms with E-state index in [4.69, 9.17) is 10.5 Å². The van der Waals surface area contributed by atoms with Crippen molar-refractivity contribution in [2.45, 2.75) is 32.7 Å². The van der Waals surface area contributed by atoms with Gasteiger partial charge >= 0.3 is 0 Å². The predicted molar refractivity (Wildman–Crippen MR) is 88.8 cm³/mol. The van der Waals surface area contributed by atoms with E-state index in [2.05, 4.69) is 23.8 Å². The molecule has 6 heteroatoms. The SMILES string of the molecule is CCC1CN(C)CCCN1c1sc(C(C)=O)c(N)c1OC. The molecule has 1 saturated heterocycles. The first-order valence-electron chi connectivity index (χ1n) is 7.41. The normalized spacial score (nSPS) is 20.4. The lowest BCUT2D eigenvalue weighted by molar-refractivity contribution is 0.102. The van der Waals surface area contributed by atoms with Crippen LogP contribution in [0.5, 0.6) is 5.75 Å². The summed E-state index contributed by atoms with van der Waals surface area (Å²) in [6.07, 6.45) is 2.16. The third-order valence-corrected chi connectivity index (χ3v) is 5.37. The zero-order valence-corrected chi connectivity index (χ0v) is 14.1. The van der Waals surface area contributed by atoms with E-state index in [9.17, 15) is 4.79 Å². The number of rotatable bonds is 4. The number of hydrogen-bond acceptors (Lipinski definition) is 6.